The molecule has 0 radical (unpaired) electrons. The number of hydrogen-bond acceptors (Lipinski definition) is 5. The highest BCUT2D eigenvalue weighted by atomic mass is 19.1. The number of piperazine rings is 1. The molecule has 1 unspecified atom stereocenters. The molecule has 144 valence electrons. The van der Waals surface area contributed by atoms with Crippen LogP contribution in [-0.4, -0.2) is 59.4 Å². The normalized spacial score (nSPS) is 25.4. The van der Waals surface area contributed by atoms with E-state index in [2.05, 4.69) is 15.6 Å². The molecule has 8 nitrogen and oxygen atoms in total. The first-order valence-electron chi connectivity index (χ1n) is 9.25. The Bertz CT molecular complexity index is 776. The molecule has 1 atom stereocenters. The predicted octanol–water partition coefficient (Wildman–Crippen LogP) is 0.638. The Morgan fingerprint density at radius 1 is 1.22 bits per heavy atom. The van der Waals surface area contributed by atoms with E-state index in [-0.39, 0.29) is 30.0 Å². The van der Waals surface area contributed by atoms with Crippen LogP contribution in [-0.2, 0) is 9.59 Å². The van der Waals surface area contributed by atoms with Crippen LogP contribution in [0.15, 0.2) is 18.5 Å². The summed E-state index contributed by atoms with van der Waals surface area (Å²) in [6.45, 7) is 2.26. The van der Waals surface area contributed by atoms with Crippen molar-refractivity contribution in [1.29, 1.82) is 0 Å². The lowest BCUT2D eigenvalue weighted by atomic mass is 9.87. The van der Waals surface area contributed by atoms with Crippen LogP contribution in [0.3, 0.4) is 0 Å². The van der Waals surface area contributed by atoms with E-state index in [4.69, 9.17) is 0 Å². The van der Waals surface area contributed by atoms with Crippen molar-refractivity contribution >= 4 is 23.5 Å². The molecule has 0 bridgehead atoms. The maximum atomic E-state index is 13.3. The van der Waals surface area contributed by atoms with Gasteiger partial charge in [-0.05, 0) is 25.2 Å². The molecule has 27 heavy (non-hydrogen) atoms. The summed E-state index contributed by atoms with van der Waals surface area (Å²) in [5, 5.41) is 5.05. The van der Waals surface area contributed by atoms with Gasteiger partial charge in [-0.15, -0.1) is 0 Å². The molecular formula is C18H22FN5O3. The second-order valence-corrected chi connectivity index (χ2v) is 7.38. The van der Waals surface area contributed by atoms with E-state index in [9.17, 15) is 18.8 Å². The van der Waals surface area contributed by atoms with Gasteiger partial charge in [0, 0.05) is 38.7 Å². The number of carbonyl (C=O) groups is 3. The van der Waals surface area contributed by atoms with Crippen molar-refractivity contribution in [2.24, 2.45) is 5.92 Å². The van der Waals surface area contributed by atoms with Crippen molar-refractivity contribution in [2.45, 2.75) is 31.2 Å². The van der Waals surface area contributed by atoms with E-state index in [1.54, 1.807) is 11.1 Å². The maximum Gasteiger partial charge on any atom is 0.322 e. The Morgan fingerprint density at radius 2 is 1.96 bits per heavy atom. The molecule has 2 N–H and O–H groups in total. The van der Waals surface area contributed by atoms with Crippen molar-refractivity contribution < 1.29 is 18.8 Å². The number of nitrogens with zero attached hydrogens (tertiary/aromatic N) is 3. The van der Waals surface area contributed by atoms with Gasteiger partial charge in [0.15, 0.2) is 0 Å². The third kappa shape index (κ3) is 3.45. The molecule has 1 saturated carbocycles. The number of amides is 4. The molecule has 3 aliphatic rings. The summed E-state index contributed by atoms with van der Waals surface area (Å²) >= 11 is 0. The largest absolute Gasteiger partial charge is 0.367 e. The first kappa shape index (κ1) is 17.7. The molecular weight excluding hydrogens is 353 g/mol. The summed E-state index contributed by atoms with van der Waals surface area (Å²) < 4.78 is 13.3. The van der Waals surface area contributed by atoms with E-state index in [0.29, 0.717) is 38.3 Å². The van der Waals surface area contributed by atoms with Crippen LogP contribution in [0.25, 0.3) is 0 Å². The lowest BCUT2D eigenvalue weighted by molar-refractivity contribution is -0.132. The highest BCUT2D eigenvalue weighted by molar-refractivity contribution is 6.07. The minimum Gasteiger partial charge on any atom is -0.367 e. The van der Waals surface area contributed by atoms with Crippen LogP contribution >= 0.6 is 0 Å². The Morgan fingerprint density at radius 3 is 2.56 bits per heavy atom. The zero-order valence-corrected chi connectivity index (χ0v) is 14.9. The van der Waals surface area contributed by atoms with Crippen LogP contribution in [0, 0.1) is 11.7 Å². The number of urea groups is 1. The van der Waals surface area contributed by atoms with Gasteiger partial charge in [0.25, 0.3) is 5.91 Å². The average Bonchev–Trinajstić information content (AvgIpc) is 3.46. The number of nitrogens with one attached hydrogen (secondary N) is 2. The van der Waals surface area contributed by atoms with E-state index in [0.717, 1.165) is 19.0 Å². The topological polar surface area (TPSA) is 94.6 Å². The van der Waals surface area contributed by atoms with Crippen molar-refractivity contribution in [3.05, 3.63) is 24.3 Å². The number of rotatable bonds is 5. The minimum atomic E-state index is -0.929. The SMILES string of the molecule is O=C1NC(=O)C(CCC(=O)N2CCN(c3cncc(F)c3)CC2)(C2CC2)N1. The van der Waals surface area contributed by atoms with Gasteiger partial charge in [-0.2, -0.15) is 0 Å². The number of halogens is 1. The fraction of sp³-hybridized carbons (Fsp3) is 0.556. The molecule has 3 heterocycles. The molecule has 4 rings (SSSR count). The van der Waals surface area contributed by atoms with Crippen LogP contribution in [0.1, 0.15) is 25.7 Å². The number of anilines is 1. The molecule has 2 saturated heterocycles. The van der Waals surface area contributed by atoms with Gasteiger partial charge >= 0.3 is 6.03 Å². The van der Waals surface area contributed by atoms with Gasteiger partial charge in [-0.3, -0.25) is 19.9 Å². The van der Waals surface area contributed by atoms with Gasteiger partial charge in [0.1, 0.15) is 11.4 Å². The Hall–Kier alpha value is -2.71. The van der Waals surface area contributed by atoms with Gasteiger partial charge in [-0.25, -0.2) is 9.18 Å². The fourth-order valence-electron chi connectivity index (χ4n) is 4.00. The number of aromatic nitrogens is 1. The quantitative estimate of drug-likeness (QED) is 0.737. The molecule has 4 amide bonds. The maximum absolute atomic E-state index is 13.3. The van der Waals surface area contributed by atoms with Crippen molar-refractivity contribution in [2.75, 3.05) is 31.1 Å². The second-order valence-electron chi connectivity index (χ2n) is 7.38. The summed E-state index contributed by atoms with van der Waals surface area (Å²) in [6, 6.07) is 0.960. The summed E-state index contributed by atoms with van der Waals surface area (Å²) in [7, 11) is 0. The number of carbonyl (C=O) groups excluding carboxylic acids is 3. The minimum absolute atomic E-state index is 0.0269. The fourth-order valence-corrected chi connectivity index (χ4v) is 4.00. The molecule has 0 spiro atoms. The Balaban J connectivity index is 1.32. The first-order valence-corrected chi connectivity index (χ1v) is 9.25. The summed E-state index contributed by atoms with van der Waals surface area (Å²) in [5.74, 6) is -0.602. The first-order chi connectivity index (χ1) is 13.0. The number of pyridine rings is 1. The van der Waals surface area contributed by atoms with Gasteiger partial charge in [0.2, 0.25) is 5.91 Å². The number of hydrogen-bond donors (Lipinski definition) is 2. The summed E-state index contributed by atoms with van der Waals surface area (Å²) in [4.78, 5) is 44.0. The molecule has 1 aromatic heterocycles. The number of imide groups is 1. The van der Waals surface area contributed by atoms with Crippen molar-refractivity contribution in [3.8, 4) is 0 Å². The monoisotopic (exact) mass is 375 g/mol. The highest BCUT2D eigenvalue weighted by Crippen LogP contribution is 2.43. The van der Waals surface area contributed by atoms with Gasteiger partial charge < -0.3 is 15.1 Å². The lowest BCUT2D eigenvalue weighted by Gasteiger charge is -2.36. The zero-order valence-electron chi connectivity index (χ0n) is 14.9. The van der Waals surface area contributed by atoms with Gasteiger partial charge in [-0.1, -0.05) is 0 Å². The molecule has 0 aromatic carbocycles. The van der Waals surface area contributed by atoms with Crippen LogP contribution in [0.5, 0.6) is 0 Å². The predicted molar refractivity (Wildman–Crippen MR) is 94.4 cm³/mol. The summed E-state index contributed by atoms with van der Waals surface area (Å²) in [5.41, 5.74) is -0.220. The average molecular weight is 375 g/mol. The molecule has 9 heteroatoms. The third-order valence-electron chi connectivity index (χ3n) is 5.66. The van der Waals surface area contributed by atoms with Crippen LogP contribution < -0.4 is 15.5 Å². The van der Waals surface area contributed by atoms with E-state index >= 15 is 0 Å². The lowest BCUT2D eigenvalue weighted by Crippen LogP contribution is -2.51. The standard InChI is InChI=1S/C18H22FN5O3/c19-13-9-14(11-20-10-13)23-5-7-24(8-6-23)15(25)3-4-18(12-1-2-12)16(26)21-17(27)22-18/h9-12H,1-8H2,(H2,21,22,26,27). The molecule has 1 aromatic rings. The van der Waals surface area contributed by atoms with E-state index in [1.807, 2.05) is 4.90 Å². The van der Waals surface area contributed by atoms with E-state index < -0.39 is 11.6 Å². The van der Waals surface area contributed by atoms with E-state index in [1.165, 1.54) is 6.07 Å². The van der Waals surface area contributed by atoms with Crippen molar-refractivity contribution in [1.82, 2.24) is 20.5 Å². The van der Waals surface area contributed by atoms with Crippen LogP contribution in [0.4, 0.5) is 14.9 Å². The van der Waals surface area contributed by atoms with Crippen molar-refractivity contribution in [3.63, 3.8) is 0 Å². The van der Waals surface area contributed by atoms with Crippen LogP contribution in [0.2, 0.25) is 0 Å². The second kappa shape index (κ2) is 6.79. The van der Waals surface area contributed by atoms with Gasteiger partial charge in [0.05, 0.1) is 18.1 Å². The molecule has 1 aliphatic carbocycles. The molecule has 3 fully saturated rings. The zero-order chi connectivity index (χ0) is 19.0. The Labute approximate surface area is 156 Å². The molecule has 2 aliphatic heterocycles. The smallest absolute Gasteiger partial charge is 0.322 e. The third-order valence-corrected chi connectivity index (χ3v) is 5.66. The highest BCUT2D eigenvalue weighted by Gasteiger charge is 2.55. The summed E-state index contributed by atoms with van der Waals surface area (Å²) in [6.07, 6.45) is 5.09. The Kier molecular flexibility index (Phi) is 4.45.